The van der Waals surface area contributed by atoms with Gasteiger partial charge in [0.15, 0.2) is 0 Å². The van der Waals surface area contributed by atoms with Gasteiger partial charge in [0.2, 0.25) is 5.91 Å². The maximum absolute atomic E-state index is 13.4. The van der Waals surface area contributed by atoms with Gasteiger partial charge in [0.25, 0.3) is 0 Å². The largest absolute Gasteiger partial charge is 0.489 e. The number of aliphatic hydroxyl groups is 1. The second kappa shape index (κ2) is 27.0. The van der Waals surface area contributed by atoms with Gasteiger partial charge in [-0.25, -0.2) is 4.90 Å². The van der Waals surface area contributed by atoms with Crippen molar-refractivity contribution in [2.24, 2.45) is 0 Å². The monoisotopic (exact) mass is 1030 g/mol. The molecule has 1 amide bonds. The summed E-state index contributed by atoms with van der Waals surface area (Å²) in [6.45, 7) is 4.83. The number of hydrogen-bond donors (Lipinski definition) is 2. The van der Waals surface area contributed by atoms with Crippen LogP contribution in [0.15, 0.2) is 224 Å². The number of hydrogen-bond acceptors (Lipinski definition) is 10. The zero-order chi connectivity index (χ0) is 53.2. The molecule has 0 spiro atoms. The number of amides is 1. The molecular formula is C66H65N3O8. The molecule has 11 heteroatoms. The summed E-state index contributed by atoms with van der Waals surface area (Å²) < 4.78 is 24.5. The molecule has 0 bridgehead atoms. The maximum Gasteiger partial charge on any atom is 0.326 e. The van der Waals surface area contributed by atoms with Crippen molar-refractivity contribution in [2.45, 2.75) is 69.0 Å². The van der Waals surface area contributed by atoms with E-state index in [1.165, 1.54) is 0 Å². The fourth-order valence-corrected chi connectivity index (χ4v) is 10.2. The van der Waals surface area contributed by atoms with E-state index in [9.17, 15) is 14.7 Å². The van der Waals surface area contributed by atoms with Gasteiger partial charge in [0.05, 0.1) is 24.7 Å². The first kappa shape index (κ1) is 53.6. The van der Waals surface area contributed by atoms with E-state index < -0.39 is 24.4 Å². The van der Waals surface area contributed by atoms with Crippen LogP contribution in [0.1, 0.15) is 76.2 Å². The number of cyclic esters (lactones) is 1. The molecule has 3 aliphatic heterocycles. The summed E-state index contributed by atoms with van der Waals surface area (Å²) >= 11 is 0. The Labute approximate surface area is 451 Å². The van der Waals surface area contributed by atoms with Crippen LogP contribution in [-0.2, 0) is 43.5 Å². The van der Waals surface area contributed by atoms with Gasteiger partial charge in [0, 0.05) is 13.1 Å². The number of nitrogens with zero attached hydrogens (tertiary/aromatic N) is 2. The number of nitrogens with one attached hydrogen (secondary N) is 1. The first-order valence-corrected chi connectivity index (χ1v) is 26.3. The molecular weight excluding hydrogens is 963 g/mol. The SMILES string of the molecule is C=O.O=C([C@H](Cc1ccc(OCc2ccccc2)cc1)NC(CO)c1ccccc1)N1CCCC1.O=C1OC[C@H](c2ccccc2)N2C1[C@@H](c1ccc(OCc3ccccc3)cc1)O[C@H]2c1ccc(-c2ccccc2)cc1. The number of benzene rings is 8. The molecule has 3 heterocycles. The summed E-state index contributed by atoms with van der Waals surface area (Å²) in [6, 6.07) is 73.3. The minimum atomic E-state index is -0.584. The summed E-state index contributed by atoms with van der Waals surface area (Å²) in [6.07, 6.45) is 1.74. The molecule has 8 aromatic carbocycles. The van der Waals surface area contributed by atoms with E-state index in [1.807, 2.05) is 188 Å². The van der Waals surface area contributed by atoms with E-state index in [2.05, 4.69) is 58.7 Å². The van der Waals surface area contributed by atoms with Gasteiger partial charge in [0.1, 0.15) is 56.5 Å². The van der Waals surface area contributed by atoms with Crippen molar-refractivity contribution in [3.63, 3.8) is 0 Å². The van der Waals surface area contributed by atoms with Gasteiger partial charge in [-0.2, -0.15) is 0 Å². The fraction of sp³-hybridized carbons (Fsp3) is 0.227. The number of esters is 1. The van der Waals surface area contributed by atoms with Crippen LogP contribution < -0.4 is 14.8 Å². The van der Waals surface area contributed by atoms with E-state index in [0.29, 0.717) is 19.6 Å². The lowest BCUT2D eigenvalue weighted by molar-refractivity contribution is -0.163. The molecule has 11 rings (SSSR count). The van der Waals surface area contributed by atoms with Gasteiger partial charge in [-0.15, -0.1) is 0 Å². The number of fused-ring (bicyclic) bond motifs is 1. The molecule has 6 atom stereocenters. The summed E-state index contributed by atoms with van der Waals surface area (Å²) in [5.74, 6) is 1.40. The maximum atomic E-state index is 13.4. The first-order chi connectivity index (χ1) is 38.0. The number of likely N-dealkylation sites (tertiary alicyclic amines) is 1. The third-order valence-corrected chi connectivity index (χ3v) is 14.2. The molecule has 3 saturated heterocycles. The Hall–Kier alpha value is -8.19. The molecule has 77 heavy (non-hydrogen) atoms. The predicted octanol–water partition coefficient (Wildman–Crippen LogP) is 11.6. The normalized spacial score (nSPS) is 18.5. The second-order valence-electron chi connectivity index (χ2n) is 19.2. The van der Waals surface area contributed by atoms with Crippen LogP contribution in [0.5, 0.6) is 11.5 Å². The van der Waals surface area contributed by atoms with Gasteiger partial charge < -0.3 is 33.7 Å². The van der Waals surface area contributed by atoms with Crippen LogP contribution in [0.2, 0.25) is 0 Å². The number of carbonyl (C=O) groups is 3. The molecule has 3 aliphatic rings. The van der Waals surface area contributed by atoms with Crippen LogP contribution in [0.4, 0.5) is 0 Å². The zero-order valence-electron chi connectivity index (χ0n) is 43.1. The molecule has 0 radical (unpaired) electrons. The number of rotatable bonds is 17. The number of ether oxygens (including phenoxy) is 4. The predicted molar refractivity (Wildman–Crippen MR) is 298 cm³/mol. The Balaban J connectivity index is 0.000000187. The number of morpholine rings is 1. The third-order valence-electron chi connectivity index (χ3n) is 14.2. The van der Waals surface area contributed by atoms with Crippen LogP contribution in [-0.4, -0.2) is 72.0 Å². The Kier molecular flexibility index (Phi) is 18.8. The zero-order valence-corrected chi connectivity index (χ0v) is 43.1. The van der Waals surface area contributed by atoms with E-state index in [0.717, 1.165) is 87.5 Å². The highest BCUT2D eigenvalue weighted by molar-refractivity contribution is 5.82. The highest BCUT2D eigenvalue weighted by atomic mass is 16.6. The molecule has 11 nitrogen and oxygen atoms in total. The van der Waals surface area contributed by atoms with Crippen molar-refractivity contribution in [1.82, 2.24) is 15.1 Å². The van der Waals surface area contributed by atoms with Crippen LogP contribution >= 0.6 is 0 Å². The van der Waals surface area contributed by atoms with Gasteiger partial charge >= 0.3 is 5.97 Å². The topological polar surface area (TPSA) is 127 Å². The van der Waals surface area contributed by atoms with Crippen molar-refractivity contribution in [2.75, 3.05) is 26.3 Å². The van der Waals surface area contributed by atoms with Crippen molar-refractivity contribution in [3.8, 4) is 22.6 Å². The van der Waals surface area contributed by atoms with Crippen LogP contribution in [0.25, 0.3) is 11.1 Å². The van der Waals surface area contributed by atoms with Crippen LogP contribution in [0.3, 0.4) is 0 Å². The molecule has 392 valence electrons. The molecule has 8 aromatic rings. The lowest BCUT2D eigenvalue weighted by Gasteiger charge is -2.39. The average Bonchev–Trinajstić information content (AvgIpc) is 4.22. The summed E-state index contributed by atoms with van der Waals surface area (Å²) in [7, 11) is 0. The first-order valence-electron chi connectivity index (χ1n) is 26.3. The molecule has 2 N–H and O–H groups in total. The van der Waals surface area contributed by atoms with Crippen molar-refractivity contribution >= 4 is 18.7 Å². The molecule has 0 saturated carbocycles. The van der Waals surface area contributed by atoms with E-state index >= 15 is 0 Å². The lowest BCUT2D eigenvalue weighted by atomic mass is 9.96. The summed E-state index contributed by atoms with van der Waals surface area (Å²) in [5.41, 5.74) is 9.55. The second-order valence-corrected chi connectivity index (χ2v) is 19.2. The smallest absolute Gasteiger partial charge is 0.326 e. The highest BCUT2D eigenvalue weighted by Gasteiger charge is 2.54. The van der Waals surface area contributed by atoms with E-state index in [1.54, 1.807) is 0 Å². The van der Waals surface area contributed by atoms with Gasteiger partial charge in [-0.3, -0.25) is 14.9 Å². The summed E-state index contributed by atoms with van der Waals surface area (Å²) in [4.78, 5) is 38.9. The quantitative estimate of drug-likeness (QED) is 0.0851. The van der Waals surface area contributed by atoms with Crippen LogP contribution in [0, 0.1) is 0 Å². The Morgan fingerprint density at radius 3 is 1.64 bits per heavy atom. The summed E-state index contributed by atoms with van der Waals surface area (Å²) in [5, 5.41) is 13.5. The minimum absolute atomic E-state index is 0.0694. The van der Waals surface area contributed by atoms with E-state index in [-0.39, 0.29) is 37.2 Å². The average molecular weight is 1030 g/mol. The lowest BCUT2D eigenvalue weighted by Crippen LogP contribution is -2.49. The number of carbonyl (C=O) groups excluding carboxylic acids is 3. The molecule has 2 unspecified atom stereocenters. The number of aliphatic hydroxyl groups excluding tert-OH is 1. The fourth-order valence-electron chi connectivity index (χ4n) is 10.2. The minimum Gasteiger partial charge on any atom is -0.489 e. The van der Waals surface area contributed by atoms with Gasteiger partial charge in [-0.05, 0) is 93.6 Å². The van der Waals surface area contributed by atoms with Crippen molar-refractivity contribution < 1.29 is 38.4 Å². The third kappa shape index (κ3) is 13.8. The molecule has 0 aliphatic carbocycles. The Morgan fingerprint density at radius 2 is 1.08 bits per heavy atom. The van der Waals surface area contributed by atoms with Crippen molar-refractivity contribution in [3.05, 3.63) is 263 Å². The van der Waals surface area contributed by atoms with Crippen molar-refractivity contribution in [1.29, 1.82) is 0 Å². The van der Waals surface area contributed by atoms with Gasteiger partial charge in [-0.1, -0.05) is 200 Å². The molecule has 0 aromatic heterocycles. The Bertz CT molecular complexity index is 3040. The highest BCUT2D eigenvalue weighted by Crippen LogP contribution is 2.49. The molecule has 3 fully saturated rings. The Morgan fingerprint density at radius 1 is 0.584 bits per heavy atom. The van der Waals surface area contributed by atoms with E-state index in [4.69, 9.17) is 23.7 Å². The standard InChI is InChI=1S/C37H31NO4.C28H32N2O3.CH2O/c39-37-34-35(30-20-22-32(23-21-30)40-24-26-10-4-1-5-11-26)42-36(38(34)33(25-41-37)29-14-8-3-9-15-29)31-18-16-28(17-19-31)27-12-6-2-7-13-27;31-20-27(24-11-5-2-6-12-24)29-26(28(32)30-17-7-8-18-30)19-22-13-15-25(16-14-22)33-21-23-9-3-1-4-10-23;1-2/h1-23,33-36H,24-25H2;1-6,9-16,26-27,29,31H,7-8,17-21H2;1H2/t33-,34?,35-,36+;26-,27?;/m10./s1.